The summed E-state index contributed by atoms with van der Waals surface area (Å²) in [6.45, 7) is 0. The fourth-order valence-electron chi connectivity index (χ4n) is 0.924. The maximum absolute atomic E-state index is 11.3. The van der Waals surface area contributed by atoms with Gasteiger partial charge in [-0.15, -0.1) is 0 Å². The van der Waals surface area contributed by atoms with Crippen molar-refractivity contribution >= 4 is 33.5 Å². The summed E-state index contributed by atoms with van der Waals surface area (Å²) in [5.41, 5.74) is -0.147. The first-order valence-electron chi connectivity index (χ1n) is 3.62. The summed E-state index contributed by atoms with van der Waals surface area (Å²) in [7, 11) is 2.72. The Bertz CT molecular complexity index is 441. The van der Waals surface area contributed by atoms with Crippen LogP contribution in [0.2, 0.25) is 5.15 Å². The van der Waals surface area contributed by atoms with Crippen molar-refractivity contribution in [3.63, 3.8) is 0 Å². The lowest BCUT2D eigenvalue weighted by Gasteiger charge is -2.07. The minimum atomic E-state index is -0.586. The van der Waals surface area contributed by atoms with Crippen LogP contribution in [0.3, 0.4) is 0 Å². The van der Waals surface area contributed by atoms with Gasteiger partial charge in [-0.05, 0) is 15.9 Å². The molecule has 1 rings (SSSR count). The zero-order valence-corrected chi connectivity index (χ0v) is 9.85. The number of rotatable bonds is 1. The maximum atomic E-state index is 11.3. The molecule has 0 aliphatic carbocycles. The molecule has 4 nitrogen and oxygen atoms in total. The van der Waals surface area contributed by atoms with Gasteiger partial charge < -0.3 is 9.30 Å². The van der Waals surface area contributed by atoms with Gasteiger partial charge >= 0.3 is 5.97 Å². The highest BCUT2D eigenvalue weighted by Gasteiger charge is 2.18. The van der Waals surface area contributed by atoms with E-state index < -0.39 is 5.97 Å². The van der Waals surface area contributed by atoms with Gasteiger partial charge in [-0.25, -0.2) is 4.79 Å². The van der Waals surface area contributed by atoms with Crippen LogP contribution in [-0.4, -0.2) is 17.6 Å². The number of hydrogen-bond donors (Lipinski definition) is 0. The molecule has 0 atom stereocenters. The van der Waals surface area contributed by atoms with E-state index in [1.165, 1.54) is 24.8 Å². The van der Waals surface area contributed by atoms with Gasteiger partial charge in [0.1, 0.15) is 10.7 Å². The van der Waals surface area contributed by atoms with Gasteiger partial charge in [0.05, 0.1) is 7.11 Å². The van der Waals surface area contributed by atoms with Crippen molar-refractivity contribution in [2.24, 2.45) is 7.05 Å². The standard InChI is InChI=1S/C8H7BrClNO3/c1-11-5(12)3-4(9)6(7(11)10)8(13)14-2/h3H,1-2H3. The normalized spacial score (nSPS) is 10.0. The van der Waals surface area contributed by atoms with Crippen LogP contribution in [0.25, 0.3) is 0 Å². The number of halogens is 2. The molecular weight excluding hydrogens is 273 g/mol. The van der Waals surface area contributed by atoms with E-state index in [4.69, 9.17) is 11.6 Å². The SMILES string of the molecule is COC(=O)c1c(Br)cc(=O)n(C)c1Cl. The molecule has 0 aliphatic heterocycles. The van der Waals surface area contributed by atoms with Crippen LogP contribution in [-0.2, 0) is 11.8 Å². The van der Waals surface area contributed by atoms with Gasteiger partial charge in [0.25, 0.3) is 5.56 Å². The summed E-state index contributed by atoms with van der Waals surface area (Å²) in [6, 6.07) is 1.26. The fraction of sp³-hybridized carbons (Fsp3) is 0.250. The summed E-state index contributed by atoms with van der Waals surface area (Å²) in [6.07, 6.45) is 0. The molecule has 0 fully saturated rings. The fourth-order valence-corrected chi connectivity index (χ4v) is 1.85. The van der Waals surface area contributed by atoms with E-state index in [1.807, 2.05) is 0 Å². The van der Waals surface area contributed by atoms with Crippen molar-refractivity contribution in [1.29, 1.82) is 0 Å². The molecule has 0 aromatic carbocycles. The molecule has 0 saturated carbocycles. The Balaban J connectivity index is 3.52. The molecule has 0 spiro atoms. The number of hydrogen-bond acceptors (Lipinski definition) is 3. The average molecular weight is 281 g/mol. The Kier molecular flexibility index (Phi) is 3.34. The molecule has 0 aliphatic rings. The molecular formula is C8H7BrClNO3. The van der Waals surface area contributed by atoms with E-state index in [9.17, 15) is 9.59 Å². The predicted molar refractivity (Wildman–Crippen MR) is 55.7 cm³/mol. The summed E-state index contributed by atoms with van der Waals surface area (Å²) < 4.78 is 6.02. The van der Waals surface area contributed by atoms with Crippen LogP contribution in [0, 0.1) is 0 Å². The largest absolute Gasteiger partial charge is 0.465 e. The predicted octanol–water partition coefficient (Wildman–Crippen LogP) is 1.59. The van der Waals surface area contributed by atoms with Gasteiger partial charge in [-0.1, -0.05) is 11.6 Å². The second kappa shape index (κ2) is 4.14. The van der Waals surface area contributed by atoms with Crippen LogP contribution in [0.1, 0.15) is 10.4 Å². The first kappa shape index (κ1) is 11.3. The molecule has 6 heteroatoms. The molecule has 0 unspecified atom stereocenters. The van der Waals surface area contributed by atoms with E-state index in [1.54, 1.807) is 0 Å². The molecule has 76 valence electrons. The number of esters is 1. The third kappa shape index (κ3) is 1.83. The third-order valence-corrected chi connectivity index (χ3v) is 2.78. The zero-order chi connectivity index (χ0) is 10.9. The second-order valence-corrected chi connectivity index (χ2v) is 3.76. The molecule has 0 amide bonds. The summed E-state index contributed by atoms with van der Waals surface area (Å²) in [5, 5.41) is 0.0521. The maximum Gasteiger partial charge on any atom is 0.342 e. The Morgan fingerprint density at radius 1 is 1.64 bits per heavy atom. The third-order valence-electron chi connectivity index (χ3n) is 1.71. The van der Waals surface area contributed by atoms with Crippen molar-refractivity contribution < 1.29 is 9.53 Å². The number of pyridine rings is 1. The van der Waals surface area contributed by atoms with Crippen molar-refractivity contribution in [1.82, 2.24) is 4.57 Å². The van der Waals surface area contributed by atoms with Gasteiger partial charge in [0.15, 0.2) is 0 Å². The second-order valence-electron chi connectivity index (χ2n) is 2.55. The Hall–Kier alpha value is -0.810. The summed E-state index contributed by atoms with van der Waals surface area (Å²) in [5.74, 6) is -0.586. The highest BCUT2D eigenvalue weighted by Crippen LogP contribution is 2.22. The smallest absolute Gasteiger partial charge is 0.342 e. The molecule has 1 aromatic rings. The molecule has 1 aromatic heterocycles. The van der Waals surface area contributed by atoms with Crippen molar-refractivity contribution in [3.8, 4) is 0 Å². The van der Waals surface area contributed by atoms with Gasteiger partial charge in [0, 0.05) is 17.6 Å². The van der Waals surface area contributed by atoms with Crippen LogP contribution in [0.5, 0.6) is 0 Å². The Morgan fingerprint density at radius 2 is 2.21 bits per heavy atom. The molecule has 0 N–H and O–H groups in total. The van der Waals surface area contributed by atoms with Gasteiger partial charge in [-0.2, -0.15) is 0 Å². The van der Waals surface area contributed by atoms with Crippen molar-refractivity contribution in [3.05, 3.63) is 31.6 Å². The minimum Gasteiger partial charge on any atom is -0.465 e. The lowest BCUT2D eigenvalue weighted by molar-refractivity contribution is 0.0599. The van der Waals surface area contributed by atoms with E-state index in [2.05, 4.69) is 20.7 Å². The van der Waals surface area contributed by atoms with Crippen LogP contribution >= 0.6 is 27.5 Å². The molecule has 0 bridgehead atoms. The van der Waals surface area contributed by atoms with Gasteiger partial charge in [0.2, 0.25) is 0 Å². The highest BCUT2D eigenvalue weighted by atomic mass is 79.9. The number of methoxy groups -OCH3 is 1. The molecule has 14 heavy (non-hydrogen) atoms. The summed E-state index contributed by atoms with van der Waals surface area (Å²) >= 11 is 8.88. The number of carbonyl (C=O) groups excluding carboxylic acids is 1. The van der Waals surface area contributed by atoms with E-state index in [-0.39, 0.29) is 16.3 Å². The van der Waals surface area contributed by atoms with Gasteiger partial charge in [-0.3, -0.25) is 4.79 Å². The summed E-state index contributed by atoms with van der Waals surface area (Å²) in [4.78, 5) is 22.5. The Labute approximate surface area is 93.6 Å². The van der Waals surface area contributed by atoms with E-state index in [0.29, 0.717) is 4.47 Å². The average Bonchev–Trinajstić information content (AvgIpc) is 2.14. The number of aromatic nitrogens is 1. The van der Waals surface area contributed by atoms with Crippen LogP contribution < -0.4 is 5.56 Å². The highest BCUT2D eigenvalue weighted by molar-refractivity contribution is 9.10. The Morgan fingerprint density at radius 3 is 2.71 bits per heavy atom. The molecule has 0 saturated heterocycles. The first-order chi connectivity index (χ1) is 6.49. The number of nitrogens with zero attached hydrogens (tertiary/aromatic N) is 1. The lowest BCUT2D eigenvalue weighted by Crippen LogP contribution is -2.20. The molecule has 1 heterocycles. The van der Waals surface area contributed by atoms with Crippen molar-refractivity contribution in [2.45, 2.75) is 0 Å². The van der Waals surface area contributed by atoms with Crippen LogP contribution in [0.4, 0.5) is 0 Å². The van der Waals surface area contributed by atoms with E-state index >= 15 is 0 Å². The number of carbonyl (C=O) groups is 1. The minimum absolute atomic E-state index is 0.0521. The lowest BCUT2D eigenvalue weighted by atomic mass is 10.3. The monoisotopic (exact) mass is 279 g/mol. The first-order valence-corrected chi connectivity index (χ1v) is 4.79. The zero-order valence-electron chi connectivity index (χ0n) is 7.51. The molecule has 0 radical (unpaired) electrons. The topological polar surface area (TPSA) is 48.3 Å². The number of ether oxygens (including phenoxy) is 1. The van der Waals surface area contributed by atoms with Crippen LogP contribution in [0.15, 0.2) is 15.3 Å². The quantitative estimate of drug-likeness (QED) is 0.580. The van der Waals surface area contributed by atoms with E-state index in [0.717, 1.165) is 0 Å². The van der Waals surface area contributed by atoms with Crippen molar-refractivity contribution in [2.75, 3.05) is 7.11 Å².